The first kappa shape index (κ1) is 14.2. The summed E-state index contributed by atoms with van der Waals surface area (Å²) in [5.74, 6) is 0. The van der Waals surface area contributed by atoms with E-state index in [4.69, 9.17) is 5.73 Å². The molecule has 0 aliphatic carbocycles. The molecule has 19 heavy (non-hydrogen) atoms. The molecule has 0 bridgehead atoms. The predicted octanol–water partition coefficient (Wildman–Crippen LogP) is 0.989. The molecule has 2 N–H and O–H groups in total. The van der Waals surface area contributed by atoms with E-state index in [1.165, 1.54) is 0 Å². The van der Waals surface area contributed by atoms with Gasteiger partial charge in [-0.2, -0.15) is 10.2 Å². The van der Waals surface area contributed by atoms with E-state index in [0.717, 1.165) is 28.8 Å². The van der Waals surface area contributed by atoms with Crippen molar-refractivity contribution in [3.8, 4) is 0 Å². The second-order valence-corrected chi connectivity index (χ2v) is 5.68. The third-order valence-corrected chi connectivity index (χ3v) is 3.58. The third-order valence-electron chi connectivity index (χ3n) is 2.97. The zero-order valence-electron chi connectivity index (χ0n) is 11.4. The van der Waals surface area contributed by atoms with E-state index in [1.807, 2.05) is 32.0 Å². The highest BCUT2D eigenvalue weighted by Crippen LogP contribution is 2.26. The fourth-order valence-electron chi connectivity index (χ4n) is 1.91. The van der Waals surface area contributed by atoms with Crippen LogP contribution in [0, 0.1) is 0 Å². The number of hydrogen-bond donors (Lipinski definition) is 1. The van der Waals surface area contributed by atoms with Gasteiger partial charge in [0.2, 0.25) is 0 Å². The van der Waals surface area contributed by atoms with Gasteiger partial charge < -0.3 is 10.6 Å². The van der Waals surface area contributed by atoms with Gasteiger partial charge in [0.15, 0.2) is 0 Å². The molecule has 0 aliphatic rings. The Morgan fingerprint density at radius 1 is 1.37 bits per heavy atom. The summed E-state index contributed by atoms with van der Waals surface area (Å²) in [7, 11) is 5.97. The molecule has 0 aromatic carbocycles. The van der Waals surface area contributed by atoms with Gasteiger partial charge in [0, 0.05) is 25.4 Å². The van der Waals surface area contributed by atoms with Crippen LogP contribution in [0.2, 0.25) is 0 Å². The fraction of sp³-hybridized carbons (Fsp3) is 0.500. The van der Waals surface area contributed by atoms with Crippen LogP contribution in [0.5, 0.6) is 0 Å². The van der Waals surface area contributed by atoms with Gasteiger partial charge in [-0.05, 0) is 30.0 Å². The first-order chi connectivity index (χ1) is 8.99. The number of aromatic nitrogens is 4. The summed E-state index contributed by atoms with van der Waals surface area (Å²) in [4.78, 5) is 2.12. The summed E-state index contributed by atoms with van der Waals surface area (Å²) >= 11 is 3.52. The minimum atomic E-state index is -0.229. The Labute approximate surface area is 121 Å². The average Bonchev–Trinajstić information content (AvgIpc) is 2.92. The van der Waals surface area contributed by atoms with E-state index in [1.54, 1.807) is 17.1 Å². The molecule has 2 aromatic heterocycles. The molecule has 0 fully saturated rings. The summed E-state index contributed by atoms with van der Waals surface area (Å²) < 4.78 is 4.63. The van der Waals surface area contributed by atoms with Crippen molar-refractivity contribution in [1.82, 2.24) is 24.5 Å². The van der Waals surface area contributed by atoms with Crippen molar-refractivity contribution in [2.75, 3.05) is 20.6 Å². The summed E-state index contributed by atoms with van der Waals surface area (Å²) in [6.07, 6.45) is 5.52. The molecule has 0 saturated heterocycles. The molecular weight excluding hydrogens is 308 g/mol. The molecule has 0 saturated carbocycles. The lowest BCUT2D eigenvalue weighted by Crippen LogP contribution is -2.23. The van der Waals surface area contributed by atoms with Crippen LogP contribution in [-0.4, -0.2) is 45.1 Å². The van der Waals surface area contributed by atoms with Gasteiger partial charge in [0.1, 0.15) is 0 Å². The third kappa shape index (κ3) is 3.23. The normalized spacial score (nSPS) is 13.2. The van der Waals surface area contributed by atoms with Crippen LogP contribution in [0.3, 0.4) is 0 Å². The Morgan fingerprint density at radius 2 is 2.11 bits per heavy atom. The van der Waals surface area contributed by atoms with Crippen molar-refractivity contribution in [1.29, 1.82) is 0 Å². The zero-order valence-corrected chi connectivity index (χ0v) is 13.0. The lowest BCUT2D eigenvalue weighted by Gasteiger charge is -2.16. The Hall–Kier alpha value is -1.18. The minimum Gasteiger partial charge on any atom is -0.319 e. The second-order valence-electron chi connectivity index (χ2n) is 4.83. The van der Waals surface area contributed by atoms with Gasteiger partial charge in [0.25, 0.3) is 0 Å². The number of halogens is 1. The van der Waals surface area contributed by atoms with E-state index >= 15 is 0 Å². The van der Waals surface area contributed by atoms with Crippen molar-refractivity contribution in [3.05, 3.63) is 34.3 Å². The number of aryl methyl sites for hydroxylation is 1. The first-order valence-electron chi connectivity index (χ1n) is 6.09. The Morgan fingerprint density at radius 3 is 2.68 bits per heavy atom. The molecule has 2 aromatic rings. The van der Waals surface area contributed by atoms with Crippen molar-refractivity contribution in [2.24, 2.45) is 12.8 Å². The van der Waals surface area contributed by atoms with Crippen LogP contribution < -0.4 is 5.73 Å². The SMILES string of the molecule is CN(C)CCn1ncc(Br)c1C(N)c1cnn(C)c1. The molecule has 104 valence electrons. The number of rotatable bonds is 5. The quantitative estimate of drug-likeness (QED) is 0.889. The Balaban J connectivity index is 2.25. The van der Waals surface area contributed by atoms with Crippen LogP contribution in [0.4, 0.5) is 0 Å². The van der Waals surface area contributed by atoms with Crippen molar-refractivity contribution >= 4 is 15.9 Å². The van der Waals surface area contributed by atoms with Crippen molar-refractivity contribution in [3.63, 3.8) is 0 Å². The molecule has 2 rings (SSSR count). The highest BCUT2D eigenvalue weighted by molar-refractivity contribution is 9.10. The molecular formula is C12H19BrN6. The van der Waals surface area contributed by atoms with E-state index < -0.39 is 0 Å². The van der Waals surface area contributed by atoms with Crippen molar-refractivity contribution < 1.29 is 0 Å². The topological polar surface area (TPSA) is 64.9 Å². The standard InChI is InChI=1S/C12H19BrN6/c1-17(2)4-5-19-12(10(13)7-16-19)11(14)9-6-15-18(3)8-9/h6-8,11H,4-5,14H2,1-3H3. The van der Waals surface area contributed by atoms with Crippen molar-refractivity contribution in [2.45, 2.75) is 12.6 Å². The maximum atomic E-state index is 6.32. The molecule has 0 spiro atoms. The molecule has 0 radical (unpaired) electrons. The average molecular weight is 327 g/mol. The van der Waals surface area contributed by atoms with Crippen LogP contribution >= 0.6 is 15.9 Å². The van der Waals surface area contributed by atoms with Crippen LogP contribution in [0.1, 0.15) is 17.3 Å². The predicted molar refractivity (Wildman–Crippen MR) is 77.7 cm³/mol. The largest absolute Gasteiger partial charge is 0.319 e. The number of nitrogens with two attached hydrogens (primary N) is 1. The summed E-state index contributed by atoms with van der Waals surface area (Å²) in [6.45, 7) is 1.72. The molecule has 0 amide bonds. The number of likely N-dealkylation sites (N-methyl/N-ethyl adjacent to an activating group) is 1. The monoisotopic (exact) mass is 326 g/mol. The zero-order chi connectivity index (χ0) is 14.0. The lowest BCUT2D eigenvalue weighted by molar-refractivity contribution is 0.368. The van der Waals surface area contributed by atoms with Gasteiger partial charge in [-0.3, -0.25) is 9.36 Å². The maximum absolute atomic E-state index is 6.32. The van der Waals surface area contributed by atoms with Gasteiger partial charge in [0.05, 0.1) is 35.1 Å². The summed E-state index contributed by atoms with van der Waals surface area (Å²) in [5.41, 5.74) is 8.29. The van der Waals surface area contributed by atoms with Gasteiger partial charge in [-0.25, -0.2) is 0 Å². The number of nitrogens with zero attached hydrogens (tertiary/aromatic N) is 5. The highest BCUT2D eigenvalue weighted by atomic mass is 79.9. The molecule has 0 aliphatic heterocycles. The maximum Gasteiger partial charge on any atom is 0.0765 e. The molecule has 6 nitrogen and oxygen atoms in total. The van der Waals surface area contributed by atoms with Gasteiger partial charge in [-0.1, -0.05) is 0 Å². The van der Waals surface area contributed by atoms with E-state index in [0.29, 0.717) is 0 Å². The Kier molecular flexibility index (Phi) is 4.38. The molecule has 2 heterocycles. The highest BCUT2D eigenvalue weighted by Gasteiger charge is 2.19. The van der Waals surface area contributed by atoms with Crippen LogP contribution in [0.15, 0.2) is 23.1 Å². The van der Waals surface area contributed by atoms with Gasteiger partial charge in [-0.15, -0.1) is 0 Å². The molecule has 7 heteroatoms. The summed E-state index contributed by atoms with van der Waals surface area (Å²) in [5, 5.41) is 8.54. The smallest absolute Gasteiger partial charge is 0.0765 e. The van der Waals surface area contributed by atoms with E-state index in [9.17, 15) is 0 Å². The van der Waals surface area contributed by atoms with E-state index in [-0.39, 0.29) is 6.04 Å². The van der Waals surface area contributed by atoms with Gasteiger partial charge >= 0.3 is 0 Å². The molecule has 1 atom stereocenters. The van der Waals surface area contributed by atoms with Crippen LogP contribution in [0.25, 0.3) is 0 Å². The van der Waals surface area contributed by atoms with Crippen LogP contribution in [-0.2, 0) is 13.6 Å². The first-order valence-corrected chi connectivity index (χ1v) is 6.88. The molecule has 1 unspecified atom stereocenters. The van der Waals surface area contributed by atoms with E-state index in [2.05, 4.69) is 31.0 Å². The lowest BCUT2D eigenvalue weighted by atomic mass is 10.1. The summed E-state index contributed by atoms with van der Waals surface area (Å²) in [6, 6.07) is -0.229. The minimum absolute atomic E-state index is 0.229. The Bertz CT molecular complexity index is 544. The number of hydrogen-bond acceptors (Lipinski definition) is 4. The fourth-order valence-corrected chi connectivity index (χ4v) is 2.46. The second kappa shape index (κ2) is 5.85.